The molecule has 0 aliphatic carbocycles. The Morgan fingerprint density at radius 3 is 2.64 bits per heavy atom. The number of pyridine rings is 2. The summed E-state index contributed by atoms with van der Waals surface area (Å²) in [7, 11) is 4.35. The first-order valence-electron chi connectivity index (χ1n) is 13.3. The van der Waals surface area contributed by atoms with Gasteiger partial charge in [0.15, 0.2) is 5.82 Å². The van der Waals surface area contributed by atoms with E-state index in [1.54, 1.807) is 20.2 Å². The summed E-state index contributed by atoms with van der Waals surface area (Å²) in [6.45, 7) is 3.38. The number of anilines is 1. The highest BCUT2D eigenvalue weighted by atomic mass is 19.1. The van der Waals surface area contributed by atoms with Gasteiger partial charge in [0.1, 0.15) is 23.1 Å². The van der Waals surface area contributed by atoms with E-state index in [1.165, 1.54) is 27.7 Å². The fraction of sp³-hybridized carbons (Fsp3) is 0.429. The highest BCUT2D eigenvalue weighted by Gasteiger charge is 2.23. The molecule has 0 saturated heterocycles. The molecule has 3 aromatic heterocycles. The lowest BCUT2D eigenvalue weighted by atomic mass is 10.1. The summed E-state index contributed by atoms with van der Waals surface area (Å²) < 4.78 is 20.3. The number of methoxy groups -OCH3 is 1. The number of nitrogens with one attached hydrogen (secondary N) is 3. The number of aromatic amines is 1. The molecule has 0 saturated carbocycles. The number of hydrogen-bond donors (Lipinski definition) is 4. The lowest BCUT2D eigenvalue weighted by Crippen LogP contribution is -2.44. The minimum atomic E-state index is -1.09. The molecule has 0 aliphatic heterocycles. The van der Waals surface area contributed by atoms with Crippen LogP contribution in [0.25, 0.3) is 11.0 Å². The van der Waals surface area contributed by atoms with Gasteiger partial charge >= 0.3 is 6.09 Å². The maximum absolute atomic E-state index is 14.5. The number of likely N-dealkylation sites (N-methyl/N-ethyl adjacent to an activating group) is 1. The summed E-state index contributed by atoms with van der Waals surface area (Å²) in [5, 5.41) is 14.8. The number of hydrogen-bond acceptors (Lipinski definition) is 8. The second kappa shape index (κ2) is 14.3. The first-order chi connectivity index (χ1) is 19.9. The van der Waals surface area contributed by atoms with Crippen LogP contribution < -0.4 is 16.2 Å². The van der Waals surface area contributed by atoms with Crippen LogP contribution in [-0.2, 0) is 33.9 Å². The number of halogens is 1. The number of carbonyl (C=O) groups excluding carboxylic acids is 3. The molecule has 0 radical (unpaired) electrons. The van der Waals surface area contributed by atoms with Gasteiger partial charge in [-0.25, -0.2) is 14.2 Å². The predicted molar refractivity (Wildman–Crippen MR) is 153 cm³/mol. The third-order valence-corrected chi connectivity index (χ3v) is 6.31. The Morgan fingerprint density at radius 1 is 1.26 bits per heavy atom. The lowest BCUT2D eigenvalue weighted by Gasteiger charge is -2.18. The average Bonchev–Trinajstić information content (AvgIpc) is 3.38. The molecule has 3 aromatic rings. The van der Waals surface area contributed by atoms with Crippen molar-refractivity contribution in [3.05, 3.63) is 63.9 Å². The molecule has 3 rings (SSSR count). The first kappa shape index (κ1) is 31.9. The zero-order valence-corrected chi connectivity index (χ0v) is 24.2. The molecule has 1 unspecified atom stereocenters. The number of aromatic nitrogens is 4. The van der Waals surface area contributed by atoms with E-state index in [-0.39, 0.29) is 53.9 Å². The molecule has 3 amide bonds. The number of carbonyl (C=O) groups is 3. The van der Waals surface area contributed by atoms with Crippen molar-refractivity contribution in [1.82, 2.24) is 29.7 Å². The number of rotatable bonds is 12. The standard InChI is InChI=1S/C28H36FN7O6/c1-16(2)12-21-25-24(18(29)13-30-21)33-22(34-25)14-36-17(15-37)10-11-20(27(36)40)31-26(39)19(32-28(41)42-5)8-6-7-9-23(38)35(3)4/h7,9-11,13,16,19,37H,6,8,12,14-15H2,1-5H3,(H,31,39)(H,32,41)(H,33,34). The second-order valence-corrected chi connectivity index (χ2v) is 10.2. The molecular formula is C28H36FN7O6. The van der Waals surface area contributed by atoms with Crippen LogP contribution in [-0.4, -0.2) is 74.7 Å². The Kier molecular flexibility index (Phi) is 10.9. The van der Waals surface area contributed by atoms with Crippen LogP contribution in [0.4, 0.5) is 14.9 Å². The van der Waals surface area contributed by atoms with Gasteiger partial charge in [0.05, 0.1) is 37.7 Å². The highest BCUT2D eigenvalue weighted by Crippen LogP contribution is 2.21. The monoisotopic (exact) mass is 585 g/mol. The van der Waals surface area contributed by atoms with Crippen LogP contribution in [0.15, 0.2) is 35.3 Å². The fourth-order valence-electron chi connectivity index (χ4n) is 4.14. The summed E-state index contributed by atoms with van der Waals surface area (Å²) in [5.41, 5.74) is 0.637. The van der Waals surface area contributed by atoms with Crippen molar-refractivity contribution in [3.8, 4) is 0 Å². The summed E-state index contributed by atoms with van der Waals surface area (Å²) in [5.74, 6) is -1.02. The van der Waals surface area contributed by atoms with E-state index < -0.39 is 36.0 Å². The molecule has 14 heteroatoms. The van der Waals surface area contributed by atoms with Crippen molar-refractivity contribution >= 4 is 34.6 Å². The third-order valence-electron chi connectivity index (χ3n) is 6.31. The van der Waals surface area contributed by atoms with Crippen molar-refractivity contribution in [2.75, 3.05) is 26.5 Å². The van der Waals surface area contributed by atoms with E-state index in [2.05, 4.69) is 30.3 Å². The Hall–Kier alpha value is -4.59. The van der Waals surface area contributed by atoms with Crippen molar-refractivity contribution < 1.29 is 28.6 Å². The molecule has 0 fully saturated rings. The Labute approximate surface area is 241 Å². The molecule has 0 bridgehead atoms. The van der Waals surface area contributed by atoms with Crippen molar-refractivity contribution in [3.63, 3.8) is 0 Å². The number of alkyl carbamates (subject to hydrolysis) is 1. The molecule has 0 aromatic carbocycles. The predicted octanol–water partition coefficient (Wildman–Crippen LogP) is 2.09. The van der Waals surface area contributed by atoms with E-state index >= 15 is 0 Å². The number of fused-ring (bicyclic) bond motifs is 1. The van der Waals surface area contributed by atoms with E-state index in [4.69, 9.17) is 0 Å². The largest absolute Gasteiger partial charge is 0.453 e. The summed E-state index contributed by atoms with van der Waals surface area (Å²) in [6.07, 6.45) is 4.16. The number of ether oxygens (including phenoxy) is 1. The SMILES string of the molecule is COC(=O)NC(CCC=CC(=O)N(C)C)C(=O)Nc1ccc(CO)n(Cc2nc3c(F)cnc(CC(C)C)c3[nH]2)c1=O. The van der Waals surface area contributed by atoms with Crippen LogP contribution >= 0.6 is 0 Å². The van der Waals surface area contributed by atoms with Gasteiger partial charge in [-0.3, -0.25) is 19.4 Å². The van der Waals surface area contributed by atoms with E-state index in [1.807, 2.05) is 13.8 Å². The molecule has 13 nitrogen and oxygen atoms in total. The van der Waals surface area contributed by atoms with Crippen molar-refractivity contribution in [1.29, 1.82) is 0 Å². The maximum atomic E-state index is 14.5. The quantitative estimate of drug-likeness (QED) is 0.234. The van der Waals surface area contributed by atoms with Crippen molar-refractivity contribution in [2.24, 2.45) is 5.92 Å². The third kappa shape index (κ3) is 8.00. The molecule has 4 N–H and O–H groups in total. The first-order valence-corrected chi connectivity index (χ1v) is 13.3. The van der Waals surface area contributed by atoms with Gasteiger partial charge in [-0.1, -0.05) is 19.9 Å². The number of amides is 3. The number of aliphatic hydroxyl groups excluding tert-OH is 1. The average molecular weight is 586 g/mol. The van der Waals surface area contributed by atoms with E-state index in [0.717, 1.165) is 13.3 Å². The number of imidazole rings is 1. The number of allylic oxidation sites excluding steroid dienone is 1. The molecule has 3 heterocycles. The van der Waals surface area contributed by atoms with Crippen LogP contribution in [0.2, 0.25) is 0 Å². The minimum absolute atomic E-state index is 0.0942. The molecule has 0 spiro atoms. The normalized spacial score (nSPS) is 12.1. The molecule has 1 atom stereocenters. The van der Waals surface area contributed by atoms with E-state index in [0.29, 0.717) is 17.6 Å². The zero-order chi connectivity index (χ0) is 31.0. The van der Waals surface area contributed by atoms with Crippen LogP contribution in [0.1, 0.15) is 43.9 Å². The fourth-order valence-corrected chi connectivity index (χ4v) is 4.14. The number of H-pyrrole nitrogens is 1. The zero-order valence-electron chi connectivity index (χ0n) is 24.2. The summed E-state index contributed by atoms with van der Waals surface area (Å²) in [4.78, 5) is 63.1. The van der Waals surface area contributed by atoms with Gasteiger partial charge in [0.2, 0.25) is 11.8 Å². The van der Waals surface area contributed by atoms with Crippen LogP contribution in [0.3, 0.4) is 0 Å². The molecule has 42 heavy (non-hydrogen) atoms. The smallest absolute Gasteiger partial charge is 0.407 e. The van der Waals surface area contributed by atoms with Crippen molar-refractivity contribution in [2.45, 2.75) is 52.3 Å². The second-order valence-electron chi connectivity index (χ2n) is 10.2. The van der Waals surface area contributed by atoms with Gasteiger partial charge < -0.3 is 34.9 Å². The molecule has 226 valence electrons. The van der Waals surface area contributed by atoms with Crippen LogP contribution in [0.5, 0.6) is 0 Å². The Bertz CT molecular complexity index is 1530. The summed E-state index contributed by atoms with van der Waals surface area (Å²) in [6, 6.07) is 1.72. The van der Waals surface area contributed by atoms with Gasteiger partial charge in [-0.05, 0) is 43.4 Å². The van der Waals surface area contributed by atoms with E-state index in [9.17, 15) is 28.7 Å². The van der Waals surface area contributed by atoms with Gasteiger partial charge in [-0.2, -0.15) is 0 Å². The topological polar surface area (TPSA) is 172 Å². The highest BCUT2D eigenvalue weighted by molar-refractivity contribution is 5.96. The minimum Gasteiger partial charge on any atom is -0.453 e. The van der Waals surface area contributed by atoms with Gasteiger partial charge in [0.25, 0.3) is 5.56 Å². The molecular weight excluding hydrogens is 549 g/mol. The summed E-state index contributed by atoms with van der Waals surface area (Å²) >= 11 is 0. The van der Waals surface area contributed by atoms with Gasteiger partial charge in [0, 0.05) is 19.8 Å². The lowest BCUT2D eigenvalue weighted by molar-refractivity contribution is -0.123. The number of nitrogens with zero attached hydrogens (tertiary/aromatic N) is 4. The maximum Gasteiger partial charge on any atom is 0.407 e. The Balaban J connectivity index is 1.87. The molecule has 0 aliphatic rings. The van der Waals surface area contributed by atoms with Gasteiger partial charge in [-0.15, -0.1) is 0 Å². The van der Waals surface area contributed by atoms with Crippen LogP contribution in [0, 0.1) is 11.7 Å². The number of aliphatic hydroxyl groups is 1. The Morgan fingerprint density at radius 2 is 2.00 bits per heavy atom.